The molecule has 0 bridgehead atoms. The van der Waals surface area contributed by atoms with E-state index in [1.165, 1.54) is 0 Å². The van der Waals surface area contributed by atoms with Crippen LogP contribution in [0.2, 0.25) is 0 Å². The fourth-order valence-electron chi connectivity index (χ4n) is 2.55. The Labute approximate surface area is 115 Å². The molecule has 4 heteroatoms. The van der Waals surface area contributed by atoms with Gasteiger partial charge in [0.2, 0.25) is 0 Å². The Hall–Kier alpha value is -1.26. The summed E-state index contributed by atoms with van der Waals surface area (Å²) in [6.45, 7) is 8.34. The van der Waals surface area contributed by atoms with E-state index in [0.717, 1.165) is 37.7 Å². The third-order valence-corrected chi connectivity index (χ3v) is 3.69. The number of hydrogen-bond donors (Lipinski definition) is 1. The highest BCUT2D eigenvalue weighted by atomic mass is 16.5. The Morgan fingerprint density at radius 2 is 1.68 bits per heavy atom. The van der Waals surface area contributed by atoms with Gasteiger partial charge < -0.3 is 14.8 Å². The van der Waals surface area contributed by atoms with E-state index in [2.05, 4.69) is 24.1 Å². The Balaban J connectivity index is 1.78. The van der Waals surface area contributed by atoms with E-state index in [1.807, 2.05) is 24.3 Å². The smallest absolute Gasteiger partial charge is 0.119 e. The summed E-state index contributed by atoms with van der Waals surface area (Å²) in [4.78, 5) is 2.50. The van der Waals surface area contributed by atoms with E-state index in [4.69, 9.17) is 9.47 Å². The van der Waals surface area contributed by atoms with Crippen LogP contribution in [0.1, 0.15) is 13.8 Å². The molecule has 0 radical (unpaired) electrons. The molecule has 1 fully saturated rings. The molecule has 0 saturated carbocycles. The molecule has 0 aromatic heterocycles. The van der Waals surface area contributed by atoms with Crippen LogP contribution in [0.3, 0.4) is 0 Å². The Bertz CT molecular complexity index is 370. The van der Waals surface area contributed by atoms with Gasteiger partial charge >= 0.3 is 0 Å². The average molecular weight is 264 g/mol. The van der Waals surface area contributed by atoms with Crippen LogP contribution in [0.5, 0.6) is 11.5 Å². The Kier molecular flexibility index (Phi) is 5.05. The molecule has 19 heavy (non-hydrogen) atoms. The van der Waals surface area contributed by atoms with Crippen molar-refractivity contribution in [2.75, 3.05) is 33.4 Å². The van der Waals surface area contributed by atoms with Gasteiger partial charge in [0.05, 0.1) is 7.11 Å². The summed E-state index contributed by atoms with van der Waals surface area (Å²) in [7, 11) is 1.67. The SMILES string of the molecule is COc1ccc(OCCN2C(C)CNCC2C)cc1. The molecular weight excluding hydrogens is 240 g/mol. The molecule has 1 N–H and O–H groups in total. The fraction of sp³-hybridized carbons (Fsp3) is 0.600. The van der Waals surface area contributed by atoms with E-state index in [9.17, 15) is 0 Å². The summed E-state index contributed by atoms with van der Waals surface area (Å²) in [5.74, 6) is 1.76. The normalized spacial score (nSPS) is 24.2. The van der Waals surface area contributed by atoms with Crippen LogP contribution in [-0.4, -0.2) is 50.3 Å². The van der Waals surface area contributed by atoms with Crippen molar-refractivity contribution in [1.29, 1.82) is 0 Å². The lowest BCUT2D eigenvalue weighted by Crippen LogP contribution is -2.55. The van der Waals surface area contributed by atoms with Gasteiger partial charge in [-0.2, -0.15) is 0 Å². The molecule has 0 spiro atoms. The molecule has 2 rings (SSSR count). The molecule has 2 atom stereocenters. The van der Waals surface area contributed by atoms with Crippen molar-refractivity contribution in [2.45, 2.75) is 25.9 Å². The number of rotatable bonds is 5. The predicted molar refractivity (Wildman–Crippen MR) is 77.0 cm³/mol. The van der Waals surface area contributed by atoms with Gasteiger partial charge in [0.15, 0.2) is 0 Å². The van der Waals surface area contributed by atoms with Crippen LogP contribution in [0.4, 0.5) is 0 Å². The second-order valence-electron chi connectivity index (χ2n) is 5.12. The lowest BCUT2D eigenvalue weighted by molar-refractivity contribution is 0.0966. The van der Waals surface area contributed by atoms with Gasteiger partial charge in [0, 0.05) is 31.7 Å². The second-order valence-corrected chi connectivity index (χ2v) is 5.12. The van der Waals surface area contributed by atoms with Gasteiger partial charge in [-0.1, -0.05) is 0 Å². The first kappa shape index (κ1) is 14.2. The number of benzene rings is 1. The van der Waals surface area contributed by atoms with E-state index in [0.29, 0.717) is 12.1 Å². The molecule has 1 aromatic rings. The number of methoxy groups -OCH3 is 1. The highest BCUT2D eigenvalue weighted by Gasteiger charge is 2.23. The van der Waals surface area contributed by atoms with Crippen molar-refractivity contribution < 1.29 is 9.47 Å². The summed E-state index contributed by atoms with van der Waals surface area (Å²) < 4.78 is 10.9. The first-order valence-corrected chi connectivity index (χ1v) is 6.94. The van der Waals surface area contributed by atoms with Crippen LogP contribution >= 0.6 is 0 Å². The van der Waals surface area contributed by atoms with E-state index in [1.54, 1.807) is 7.11 Å². The van der Waals surface area contributed by atoms with Crippen LogP contribution < -0.4 is 14.8 Å². The third-order valence-electron chi connectivity index (χ3n) is 3.69. The number of nitrogens with one attached hydrogen (secondary N) is 1. The summed E-state index contributed by atoms with van der Waals surface area (Å²) >= 11 is 0. The topological polar surface area (TPSA) is 33.7 Å². The highest BCUT2D eigenvalue weighted by molar-refractivity contribution is 5.31. The van der Waals surface area contributed by atoms with Crippen molar-refractivity contribution in [3.05, 3.63) is 24.3 Å². The molecule has 4 nitrogen and oxygen atoms in total. The summed E-state index contributed by atoms with van der Waals surface area (Å²) in [5, 5.41) is 3.44. The molecule has 1 aromatic carbocycles. The van der Waals surface area contributed by atoms with Gasteiger partial charge in [-0.25, -0.2) is 0 Å². The lowest BCUT2D eigenvalue weighted by Gasteiger charge is -2.39. The fourth-order valence-corrected chi connectivity index (χ4v) is 2.55. The van der Waals surface area contributed by atoms with E-state index in [-0.39, 0.29) is 0 Å². The number of nitrogens with zero attached hydrogens (tertiary/aromatic N) is 1. The van der Waals surface area contributed by atoms with Gasteiger partial charge in [-0.05, 0) is 38.1 Å². The highest BCUT2D eigenvalue weighted by Crippen LogP contribution is 2.17. The van der Waals surface area contributed by atoms with E-state index >= 15 is 0 Å². The van der Waals surface area contributed by atoms with Gasteiger partial charge in [0.1, 0.15) is 18.1 Å². The first-order chi connectivity index (χ1) is 9.20. The second kappa shape index (κ2) is 6.78. The molecule has 1 heterocycles. The first-order valence-electron chi connectivity index (χ1n) is 6.94. The minimum Gasteiger partial charge on any atom is -0.497 e. The van der Waals surface area contributed by atoms with Crippen LogP contribution in [-0.2, 0) is 0 Å². The number of hydrogen-bond acceptors (Lipinski definition) is 4. The molecule has 1 aliphatic heterocycles. The van der Waals surface area contributed by atoms with Crippen molar-refractivity contribution in [2.24, 2.45) is 0 Å². The average Bonchev–Trinajstić information content (AvgIpc) is 2.43. The Morgan fingerprint density at radius 3 is 2.26 bits per heavy atom. The molecule has 1 saturated heterocycles. The Morgan fingerprint density at radius 1 is 1.11 bits per heavy atom. The van der Waals surface area contributed by atoms with Crippen molar-refractivity contribution in [3.63, 3.8) is 0 Å². The summed E-state index contributed by atoms with van der Waals surface area (Å²) in [6, 6.07) is 8.88. The van der Waals surface area contributed by atoms with Crippen LogP contribution in [0.15, 0.2) is 24.3 Å². The van der Waals surface area contributed by atoms with Gasteiger partial charge in [-0.3, -0.25) is 4.90 Å². The number of piperazine rings is 1. The van der Waals surface area contributed by atoms with Gasteiger partial charge in [-0.15, -0.1) is 0 Å². The van der Waals surface area contributed by atoms with Crippen molar-refractivity contribution in [1.82, 2.24) is 10.2 Å². The molecular formula is C15H24N2O2. The predicted octanol–water partition coefficient (Wildman–Crippen LogP) is 1.76. The third kappa shape index (κ3) is 3.85. The van der Waals surface area contributed by atoms with Crippen molar-refractivity contribution >= 4 is 0 Å². The maximum Gasteiger partial charge on any atom is 0.119 e. The minimum atomic E-state index is 0.572. The molecule has 0 aliphatic carbocycles. The quantitative estimate of drug-likeness (QED) is 0.878. The molecule has 2 unspecified atom stereocenters. The van der Waals surface area contributed by atoms with E-state index < -0.39 is 0 Å². The maximum atomic E-state index is 5.79. The van der Waals surface area contributed by atoms with Crippen LogP contribution in [0, 0.1) is 0 Å². The number of ether oxygens (including phenoxy) is 2. The zero-order valence-electron chi connectivity index (χ0n) is 12.1. The lowest BCUT2D eigenvalue weighted by atomic mass is 10.1. The molecule has 1 aliphatic rings. The summed E-state index contributed by atoms with van der Waals surface area (Å²) in [5.41, 5.74) is 0. The molecule has 0 amide bonds. The molecule has 106 valence electrons. The minimum absolute atomic E-state index is 0.572. The van der Waals surface area contributed by atoms with Gasteiger partial charge in [0.25, 0.3) is 0 Å². The standard InChI is InChI=1S/C15H24N2O2/c1-12-10-16-11-13(2)17(12)8-9-19-15-6-4-14(18-3)5-7-15/h4-7,12-13,16H,8-11H2,1-3H3. The van der Waals surface area contributed by atoms with Crippen molar-refractivity contribution in [3.8, 4) is 11.5 Å². The zero-order valence-corrected chi connectivity index (χ0v) is 12.1. The largest absolute Gasteiger partial charge is 0.497 e. The maximum absolute atomic E-state index is 5.79. The zero-order chi connectivity index (χ0) is 13.7. The van der Waals surface area contributed by atoms with Crippen LogP contribution in [0.25, 0.3) is 0 Å². The monoisotopic (exact) mass is 264 g/mol. The summed E-state index contributed by atoms with van der Waals surface area (Å²) in [6.07, 6.45) is 0.